The maximum absolute atomic E-state index is 11.9. The number of hydrogen-bond acceptors (Lipinski definition) is 5. The van der Waals surface area contributed by atoms with Crippen molar-refractivity contribution >= 4 is 27.6 Å². The molecule has 0 aliphatic carbocycles. The first kappa shape index (κ1) is 15.8. The predicted molar refractivity (Wildman–Crippen MR) is 67.3 cm³/mol. The van der Waals surface area contributed by atoms with Gasteiger partial charge in [0.1, 0.15) is 10.0 Å². The lowest BCUT2D eigenvalue weighted by molar-refractivity contribution is -0.141. The Bertz CT molecular complexity index is 573. The Kier molecular flexibility index (Phi) is 4.86. The number of nitrogens with one attached hydrogen (secondary N) is 1. The van der Waals surface area contributed by atoms with Gasteiger partial charge in [0.05, 0.1) is 12.0 Å². The zero-order valence-corrected chi connectivity index (χ0v) is 11.6. The maximum atomic E-state index is 11.9. The molecule has 0 aromatic carbocycles. The molecule has 1 aromatic rings. The number of carboxylic acid groups (broad SMARTS) is 1. The van der Waals surface area contributed by atoms with E-state index in [4.69, 9.17) is 16.7 Å². The Morgan fingerprint density at radius 1 is 1.58 bits per heavy atom. The van der Waals surface area contributed by atoms with Gasteiger partial charge in [0.15, 0.2) is 0 Å². The third-order valence-electron chi connectivity index (χ3n) is 2.19. The van der Waals surface area contributed by atoms with Crippen molar-refractivity contribution in [1.82, 2.24) is 9.71 Å². The fourth-order valence-corrected chi connectivity index (χ4v) is 2.90. The second kappa shape index (κ2) is 5.83. The summed E-state index contributed by atoms with van der Waals surface area (Å²) in [7, 11) is -3.96. The first-order chi connectivity index (χ1) is 8.64. The standard InChI is InChI=1S/C10H13ClN2O5S/c1-10(16,5-8(14)15)6-13-19(17,18)7-3-2-4-12-9(7)11/h2-4,13,16H,5-6H2,1H3,(H,14,15). The number of aromatic nitrogens is 1. The lowest BCUT2D eigenvalue weighted by Crippen LogP contribution is -2.42. The van der Waals surface area contributed by atoms with E-state index in [2.05, 4.69) is 9.71 Å². The van der Waals surface area contributed by atoms with Gasteiger partial charge in [-0.1, -0.05) is 11.6 Å². The highest BCUT2D eigenvalue weighted by atomic mass is 35.5. The molecular formula is C10H13ClN2O5S. The summed E-state index contributed by atoms with van der Waals surface area (Å²) < 4.78 is 25.9. The van der Waals surface area contributed by atoms with Crippen LogP contribution in [-0.2, 0) is 14.8 Å². The van der Waals surface area contributed by atoms with E-state index in [-0.39, 0.29) is 10.0 Å². The zero-order chi connectivity index (χ0) is 14.7. The monoisotopic (exact) mass is 308 g/mol. The van der Waals surface area contributed by atoms with Crippen LogP contribution in [0.2, 0.25) is 5.15 Å². The quantitative estimate of drug-likeness (QED) is 0.648. The molecule has 0 aliphatic rings. The van der Waals surface area contributed by atoms with E-state index < -0.39 is 34.6 Å². The summed E-state index contributed by atoms with van der Waals surface area (Å²) in [5.74, 6) is -1.23. The van der Waals surface area contributed by atoms with E-state index in [1.165, 1.54) is 25.3 Å². The van der Waals surface area contributed by atoms with E-state index in [1.54, 1.807) is 0 Å². The molecule has 9 heteroatoms. The van der Waals surface area contributed by atoms with Crippen molar-refractivity contribution in [3.63, 3.8) is 0 Å². The Morgan fingerprint density at radius 3 is 2.74 bits per heavy atom. The Morgan fingerprint density at radius 2 is 2.21 bits per heavy atom. The van der Waals surface area contributed by atoms with Gasteiger partial charge >= 0.3 is 5.97 Å². The third-order valence-corrected chi connectivity index (χ3v) is 4.04. The van der Waals surface area contributed by atoms with Crippen LogP contribution in [0.5, 0.6) is 0 Å². The van der Waals surface area contributed by atoms with Crippen LogP contribution in [0.4, 0.5) is 0 Å². The summed E-state index contributed by atoms with van der Waals surface area (Å²) in [6.07, 6.45) is 0.748. The molecule has 0 bridgehead atoms. The first-order valence-electron chi connectivity index (χ1n) is 5.18. The smallest absolute Gasteiger partial charge is 0.306 e. The molecule has 1 unspecified atom stereocenters. The second-order valence-corrected chi connectivity index (χ2v) is 6.28. The number of aliphatic hydroxyl groups is 1. The van der Waals surface area contributed by atoms with Crippen LogP contribution < -0.4 is 4.72 Å². The van der Waals surface area contributed by atoms with Crippen molar-refractivity contribution in [1.29, 1.82) is 0 Å². The SMILES string of the molecule is CC(O)(CNS(=O)(=O)c1cccnc1Cl)CC(=O)O. The largest absolute Gasteiger partial charge is 0.481 e. The molecule has 0 saturated carbocycles. The average molecular weight is 309 g/mol. The summed E-state index contributed by atoms with van der Waals surface area (Å²) in [6, 6.07) is 2.65. The highest BCUT2D eigenvalue weighted by Crippen LogP contribution is 2.18. The number of halogens is 1. The van der Waals surface area contributed by atoms with Crippen molar-refractivity contribution in [2.45, 2.75) is 23.8 Å². The molecule has 0 aliphatic heterocycles. The van der Waals surface area contributed by atoms with Crippen molar-refractivity contribution in [3.8, 4) is 0 Å². The Balaban J connectivity index is 2.82. The highest BCUT2D eigenvalue weighted by Gasteiger charge is 2.27. The van der Waals surface area contributed by atoms with Crippen molar-refractivity contribution in [3.05, 3.63) is 23.5 Å². The van der Waals surface area contributed by atoms with Gasteiger partial charge < -0.3 is 10.2 Å². The molecular weight excluding hydrogens is 296 g/mol. The van der Waals surface area contributed by atoms with E-state index in [9.17, 15) is 18.3 Å². The summed E-state index contributed by atoms with van der Waals surface area (Å²) in [6.45, 7) is 0.765. The minimum absolute atomic E-state index is 0.201. The Hall–Kier alpha value is -1.22. The van der Waals surface area contributed by atoms with Crippen LogP contribution in [0, 0.1) is 0 Å². The van der Waals surface area contributed by atoms with Gasteiger partial charge in [-0.3, -0.25) is 4.79 Å². The number of rotatable bonds is 6. The maximum Gasteiger partial charge on any atom is 0.306 e. The van der Waals surface area contributed by atoms with Crippen LogP contribution in [0.3, 0.4) is 0 Å². The van der Waals surface area contributed by atoms with Gasteiger partial charge in [-0.2, -0.15) is 0 Å². The summed E-state index contributed by atoms with van der Waals surface area (Å²) in [5, 5.41) is 18.1. The van der Waals surface area contributed by atoms with Gasteiger partial charge in [0.25, 0.3) is 0 Å². The van der Waals surface area contributed by atoms with Gasteiger partial charge in [0, 0.05) is 12.7 Å². The number of nitrogens with zero attached hydrogens (tertiary/aromatic N) is 1. The van der Waals surface area contributed by atoms with Crippen LogP contribution in [0.1, 0.15) is 13.3 Å². The minimum Gasteiger partial charge on any atom is -0.481 e. The van der Waals surface area contributed by atoms with Crippen molar-refractivity contribution in [2.75, 3.05) is 6.54 Å². The number of sulfonamides is 1. The molecule has 1 aromatic heterocycles. The van der Waals surface area contributed by atoms with E-state index >= 15 is 0 Å². The fourth-order valence-electron chi connectivity index (χ4n) is 1.29. The van der Waals surface area contributed by atoms with E-state index in [0.29, 0.717) is 0 Å². The molecule has 1 atom stereocenters. The average Bonchev–Trinajstić information content (AvgIpc) is 2.25. The van der Waals surface area contributed by atoms with Crippen molar-refractivity contribution < 1.29 is 23.4 Å². The third kappa shape index (κ3) is 4.75. The van der Waals surface area contributed by atoms with Crippen LogP contribution >= 0.6 is 11.6 Å². The molecule has 0 fully saturated rings. The topological polar surface area (TPSA) is 117 Å². The predicted octanol–water partition coefficient (Wildman–Crippen LogP) is 0.239. The van der Waals surface area contributed by atoms with Gasteiger partial charge in [0.2, 0.25) is 10.0 Å². The lowest BCUT2D eigenvalue weighted by atomic mass is 10.0. The number of pyridine rings is 1. The molecule has 1 heterocycles. The minimum atomic E-state index is -3.96. The molecule has 0 saturated heterocycles. The summed E-state index contributed by atoms with van der Waals surface area (Å²) in [5.41, 5.74) is -1.70. The highest BCUT2D eigenvalue weighted by molar-refractivity contribution is 7.89. The van der Waals surface area contributed by atoms with E-state index in [1.807, 2.05) is 0 Å². The lowest BCUT2D eigenvalue weighted by Gasteiger charge is -2.21. The number of aliphatic carboxylic acids is 1. The number of carbonyl (C=O) groups is 1. The molecule has 0 spiro atoms. The molecule has 1 rings (SSSR count). The van der Waals surface area contributed by atoms with Crippen molar-refractivity contribution in [2.24, 2.45) is 0 Å². The molecule has 19 heavy (non-hydrogen) atoms. The fraction of sp³-hybridized carbons (Fsp3) is 0.400. The van der Waals surface area contributed by atoms with Gasteiger partial charge in [-0.25, -0.2) is 18.1 Å². The van der Waals surface area contributed by atoms with Crippen LogP contribution in [-0.4, -0.2) is 41.7 Å². The molecule has 7 nitrogen and oxygen atoms in total. The Labute approximate surface area is 115 Å². The summed E-state index contributed by atoms with van der Waals surface area (Å²) >= 11 is 5.66. The van der Waals surface area contributed by atoms with Gasteiger partial charge in [-0.05, 0) is 19.1 Å². The zero-order valence-electron chi connectivity index (χ0n) is 10.00. The van der Waals surface area contributed by atoms with Crippen LogP contribution in [0.25, 0.3) is 0 Å². The number of hydrogen-bond donors (Lipinski definition) is 3. The van der Waals surface area contributed by atoms with E-state index in [0.717, 1.165) is 0 Å². The summed E-state index contributed by atoms with van der Waals surface area (Å²) in [4.78, 5) is 13.9. The molecule has 0 amide bonds. The van der Waals surface area contributed by atoms with Gasteiger partial charge in [-0.15, -0.1) is 0 Å². The molecule has 0 radical (unpaired) electrons. The molecule has 3 N–H and O–H groups in total. The van der Waals surface area contributed by atoms with Crippen LogP contribution in [0.15, 0.2) is 23.2 Å². The normalized spacial score (nSPS) is 14.9. The number of carboxylic acids is 1. The second-order valence-electron chi connectivity index (χ2n) is 4.18. The first-order valence-corrected chi connectivity index (χ1v) is 7.04. The molecule has 106 valence electrons.